The molecule has 0 saturated heterocycles. The molecule has 0 atom stereocenters. The molecule has 0 amide bonds. The third kappa shape index (κ3) is 7.02. The second kappa shape index (κ2) is 8.74. The third-order valence-electron chi connectivity index (χ3n) is 1.56. The van der Waals surface area contributed by atoms with Gasteiger partial charge >= 0.3 is 21.1 Å². The summed E-state index contributed by atoms with van der Waals surface area (Å²) in [6.45, 7) is 10.9. The van der Waals surface area contributed by atoms with Gasteiger partial charge in [0.25, 0.3) is 0 Å². The zero-order valence-corrected chi connectivity index (χ0v) is 10.9. The number of hydrogen-bond donors (Lipinski definition) is 0. The van der Waals surface area contributed by atoms with Crippen LogP contribution in [-0.2, 0) is 21.1 Å². The SMILES string of the molecule is C[CH-]CN(C[CH-]C)C(C)C.[W+2]. The molecular weight excluding hydrogens is 306 g/mol. The Balaban J connectivity index is 0. The van der Waals surface area contributed by atoms with Crippen LogP contribution in [0.3, 0.4) is 0 Å². The Bertz CT molecular complexity index is 68.0. The maximum Gasteiger partial charge on any atom is 2.00 e. The van der Waals surface area contributed by atoms with Crippen LogP contribution in [0.2, 0.25) is 0 Å². The van der Waals surface area contributed by atoms with E-state index < -0.39 is 0 Å². The zero-order chi connectivity index (χ0) is 7.98. The molecule has 0 rings (SSSR count). The standard InChI is InChI=1S/C9H19N.W/c1-5-7-10(8-6-2)9(3)4;/h5-6,9H,7-8H2,1-4H3;/q-2;+2. The van der Waals surface area contributed by atoms with Crippen molar-refractivity contribution >= 4 is 0 Å². The quantitative estimate of drug-likeness (QED) is 0.700. The molecule has 0 spiro atoms. The van der Waals surface area contributed by atoms with Crippen LogP contribution in [0.15, 0.2) is 0 Å². The van der Waals surface area contributed by atoms with Gasteiger partial charge in [-0.25, -0.2) is 0 Å². The normalized spacial score (nSPS) is 10.4. The summed E-state index contributed by atoms with van der Waals surface area (Å²) in [5.74, 6) is 0. The molecule has 0 unspecified atom stereocenters. The van der Waals surface area contributed by atoms with Crippen molar-refractivity contribution in [3.05, 3.63) is 12.8 Å². The van der Waals surface area contributed by atoms with Crippen LogP contribution in [-0.4, -0.2) is 24.0 Å². The predicted molar refractivity (Wildman–Crippen MR) is 46.7 cm³/mol. The molecule has 0 aliphatic heterocycles. The summed E-state index contributed by atoms with van der Waals surface area (Å²) in [6, 6.07) is 0.660. The van der Waals surface area contributed by atoms with E-state index in [0.29, 0.717) is 6.04 Å². The second-order valence-corrected chi connectivity index (χ2v) is 2.86. The molecule has 0 aromatic heterocycles. The zero-order valence-electron chi connectivity index (χ0n) is 8.00. The van der Waals surface area contributed by atoms with E-state index in [2.05, 4.69) is 45.4 Å². The Morgan fingerprint density at radius 3 is 1.64 bits per heavy atom. The first kappa shape index (κ1) is 14.2. The van der Waals surface area contributed by atoms with Crippen molar-refractivity contribution < 1.29 is 21.1 Å². The molecule has 0 fully saturated rings. The summed E-state index contributed by atoms with van der Waals surface area (Å²) < 4.78 is 0. The average Bonchev–Trinajstić information content (AvgIpc) is 1.87. The maximum absolute atomic E-state index is 2.42. The van der Waals surface area contributed by atoms with Crippen LogP contribution in [0.25, 0.3) is 0 Å². The smallest absolute Gasteiger partial charge is 0.360 e. The van der Waals surface area contributed by atoms with Gasteiger partial charge in [0.1, 0.15) is 0 Å². The molecule has 0 radical (unpaired) electrons. The Hall–Kier alpha value is 0.648. The molecule has 0 bridgehead atoms. The third-order valence-corrected chi connectivity index (χ3v) is 1.56. The Kier molecular flexibility index (Phi) is 11.3. The largest absolute Gasteiger partial charge is 2.00 e. The molecule has 2 heteroatoms. The van der Waals surface area contributed by atoms with Crippen molar-refractivity contribution in [2.45, 2.75) is 33.7 Å². The van der Waals surface area contributed by atoms with Crippen LogP contribution >= 0.6 is 0 Å². The fourth-order valence-corrected chi connectivity index (χ4v) is 0.965. The molecule has 0 aliphatic carbocycles. The van der Waals surface area contributed by atoms with Crippen LogP contribution in [0.4, 0.5) is 0 Å². The molecule has 0 aromatic rings. The minimum absolute atomic E-state index is 0. The van der Waals surface area contributed by atoms with Gasteiger partial charge in [0.05, 0.1) is 0 Å². The van der Waals surface area contributed by atoms with E-state index in [0.717, 1.165) is 13.1 Å². The Morgan fingerprint density at radius 1 is 1.09 bits per heavy atom. The Morgan fingerprint density at radius 2 is 1.45 bits per heavy atom. The van der Waals surface area contributed by atoms with Crippen molar-refractivity contribution in [1.29, 1.82) is 0 Å². The molecule has 0 N–H and O–H groups in total. The van der Waals surface area contributed by atoms with Gasteiger partial charge in [-0.1, -0.05) is 13.8 Å². The van der Waals surface area contributed by atoms with Gasteiger partial charge in [0.2, 0.25) is 0 Å². The van der Waals surface area contributed by atoms with Crippen molar-refractivity contribution in [3.63, 3.8) is 0 Å². The molecule has 0 heterocycles. The van der Waals surface area contributed by atoms with Gasteiger partial charge in [-0.05, 0) is 6.04 Å². The summed E-state index contributed by atoms with van der Waals surface area (Å²) in [6.07, 6.45) is 4.40. The predicted octanol–water partition coefficient (Wildman–Crippen LogP) is 2.14. The van der Waals surface area contributed by atoms with Gasteiger partial charge < -0.3 is 17.7 Å². The van der Waals surface area contributed by atoms with Gasteiger partial charge in [0.15, 0.2) is 0 Å². The van der Waals surface area contributed by atoms with Crippen molar-refractivity contribution in [3.8, 4) is 0 Å². The number of nitrogens with zero attached hydrogens (tertiary/aromatic N) is 1. The van der Waals surface area contributed by atoms with E-state index in [-0.39, 0.29) is 21.1 Å². The molecule has 1 nitrogen and oxygen atoms in total. The van der Waals surface area contributed by atoms with E-state index >= 15 is 0 Å². The minimum atomic E-state index is 0. The van der Waals surface area contributed by atoms with Gasteiger partial charge in [-0.3, -0.25) is 0 Å². The molecule has 0 aliphatic rings. The van der Waals surface area contributed by atoms with E-state index in [4.69, 9.17) is 0 Å². The molecule has 11 heavy (non-hydrogen) atoms. The van der Waals surface area contributed by atoms with Gasteiger partial charge in [-0.15, -0.1) is 13.1 Å². The summed E-state index contributed by atoms with van der Waals surface area (Å²) in [5, 5.41) is 0. The summed E-state index contributed by atoms with van der Waals surface area (Å²) in [7, 11) is 0. The van der Waals surface area contributed by atoms with Gasteiger partial charge in [0, 0.05) is 0 Å². The van der Waals surface area contributed by atoms with Gasteiger partial charge in [-0.2, -0.15) is 13.8 Å². The van der Waals surface area contributed by atoms with E-state index in [9.17, 15) is 0 Å². The van der Waals surface area contributed by atoms with Crippen molar-refractivity contribution in [1.82, 2.24) is 4.90 Å². The molecule has 0 saturated carbocycles. The van der Waals surface area contributed by atoms with E-state index in [1.54, 1.807) is 0 Å². The number of hydrogen-bond acceptors (Lipinski definition) is 1. The first-order chi connectivity index (χ1) is 4.72. The van der Waals surface area contributed by atoms with Crippen molar-refractivity contribution in [2.75, 3.05) is 13.1 Å². The minimum Gasteiger partial charge on any atom is -0.360 e. The van der Waals surface area contributed by atoms with Crippen LogP contribution in [0.5, 0.6) is 0 Å². The van der Waals surface area contributed by atoms with Crippen molar-refractivity contribution in [2.24, 2.45) is 0 Å². The van der Waals surface area contributed by atoms with Crippen LogP contribution in [0, 0.1) is 12.8 Å². The number of rotatable bonds is 5. The van der Waals surface area contributed by atoms with E-state index in [1.165, 1.54) is 0 Å². The first-order valence-corrected chi connectivity index (χ1v) is 4.02. The molecule has 0 aromatic carbocycles. The fraction of sp³-hybridized carbons (Fsp3) is 0.778. The molecular formula is C9H19NW. The molecule has 66 valence electrons. The van der Waals surface area contributed by atoms with Crippen LogP contribution in [0.1, 0.15) is 27.7 Å². The summed E-state index contributed by atoms with van der Waals surface area (Å²) >= 11 is 0. The monoisotopic (exact) mass is 325 g/mol. The summed E-state index contributed by atoms with van der Waals surface area (Å²) in [5.41, 5.74) is 0. The second-order valence-electron chi connectivity index (χ2n) is 2.86. The first-order valence-electron chi connectivity index (χ1n) is 4.02. The van der Waals surface area contributed by atoms with Crippen LogP contribution < -0.4 is 0 Å². The topological polar surface area (TPSA) is 3.24 Å². The average molecular weight is 325 g/mol. The maximum atomic E-state index is 2.42. The van der Waals surface area contributed by atoms with E-state index in [1.807, 2.05) is 0 Å². The summed E-state index contributed by atoms with van der Waals surface area (Å²) in [4.78, 5) is 2.42. The Labute approximate surface area is 85.8 Å². The fourth-order valence-electron chi connectivity index (χ4n) is 0.965.